The maximum Gasteiger partial charge on any atom is 0.328 e. The molecule has 0 aliphatic rings. The first-order valence-electron chi connectivity index (χ1n) is 7.11. The standard InChI is InChI=1S/C14H24N4O3/c1-11(2)9-12(13(19)21-3)17-14(20)16-5-4-7-18-8-6-15-10-18/h6,8,10-12H,4-5,7,9H2,1-3H3,(H2,16,17,20)/t12-/m0/s1. The maximum atomic E-state index is 11.8. The van der Waals surface area contributed by atoms with Gasteiger partial charge in [0.2, 0.25) is 0 Å². The second-order valence-electron chi connectivity index (χ2n) is 5.26. The third-order valence-electron chi connectivity index (χ3n) is 2.94. The van der Waals surface area contributed by atoms with Gasteiger partial charge in [0, 0.05) is 25.5 Å². The Hall–Kier alpha value is -2.05. The van der Waals surface area contributed by atoms with Gasteiger partial charge in [0.05, 0.1) is 13.4 Å². The third-order valence-corrected chi connectivity index (χ3v) is 2.94. The van der Waals surface area contributed by atoms with Crippen LogP contribution in [-0.2, 0) is 16.1 Å². The molecule has 118 valence electrons. The lowest BCUT2D eigenvalue weighted by molar-refractivity contribution is -0.143. The summed E-state index contributed by atoms with van der Waals surface area (Å²) in [7, 11) is 1.32. The molecular formula is C14H24N4O3. The highest BCUT2D eigenvalue weighted by Gasteiger charge is 2.22. The summed E-state index contributed by atoms with van der Waals surface area (Å²) in [4.78, 5) is 27.3. The summed E-state index contributed by atoms with van der Waals surface area (Å²) in [5, 5.41) is 5.39. The molecule has 1 aromatic rings. The molecular weight excluding hydrogens is 272 g/mol. The summed E-state index contributed by atoms with van der Waals surface area (Å²) in [6, 6.07) is -0.958. The molecule has 1 atom stereocenters. The Morgan fingerprint density at radius 1 is 1.38 bits per heavy atom. The molecule has 0 unspecified atom stereocenters. The lowest BCUT2D eigenvalue weighted by Gasteiger charge is -2.18. The van der Waals surface area contributed by atoms with Crippen molar-refractivity contribution in [3.63, 3.8) is 0 Å². The molecule has 0 aliphatic carbocycles. The van der Waals surface area contributed by atoms with E-state index in [1.165, 1.54) is 7.11 Å². The van der Waals surface area contributed by atoms with E-state index in [0.29, 0.717) is 13.0 Å². The molecule has 1 aromatic heterocycles. The predicted octanol–water partition coefficient (Wildman–Crippen LogP) is 1.16. The third kappa shape index (κ3) is 6.78. The van der Waals surface area contributed by atoms with Crippen molar-refractivity contribution in [2.75, 3.05) is 13.7 Å². The second-order valence-corrected chi connectivity index (χ2v) is 5.26. The quantitative estimate of drug-likeness (QED) is 0.557. The van der Waals surface area contributed by atoms with Gasteiger partial charge in [-0.2, -0.15) is 0 Å². The number of hydrogen-bond donors (Lipinski definition) is 2. The molecule has 0 fully saturated rings. The number of ether oxygens (including phenoxy) is 1. The number of urea groups is 1. The first kappa shape index (κ1) is 17.0. The Balaban J connectivity index is 2.27. The number of carbonyl (C=O) groups is 2. The zero-order chi connectivity index (χ0) is 15.7. The summed E-state index contributed by atoms with van der Waals surface area (Å²) >= 11 is 0. The summed E-state index contributed by atoms with van der Waals surface area (Å²) in [5.41, 5.74) is 0. The first-order valence-corrected chi connectivity index (χ1v) is 7.11. The van der Waals surface area contributed by atoms with Crippen molar-refractivity contribution in [2.24, 2.45) is 5.92 Å². The van der Waals surface area contributed by atoms with Gasteiger partial charge in [-0.05, 0) is 18.8 Å². The van der Waals surface area contributed by atoms with E-state index < -0.39 is 12.0 Å². The minimum atomic E-state index is -0.608. The van der Waals surface area contributed by atoms with Gasteiger partial charge in [-0.15, -0.1) is 0 Å². The van der Waals surface area contributed by atoms with E-state index in [-0.39, 0.29) is 11.9 Å². The van der Waals surface area contributed by atoms with Crippen LogP contribution in [0, 0.1) is 5.92 Å². The SMILES string of the molecule is COC(=O)[C@H](CC(C)C)NC(=O)NCCCn1ccnc1. The van der Waals surface area contributed by atoms with Crippen LogP contribution in [0.2, 0.25) is 0 Å². The number of carbonyl (C=O) groups excluding carboxylic acids is 2. The summed E-state index contributed by atoms with van der Waals surface area (Å²) < 4.78 is 6.64. The van der Waals surface area contributed by atoms with Crippen molar-refractivity contribution in [1.29, 1.82) is 0 Å². The monoisotopic (exact) mass is 296 g/mol. The van der Waals surface area contributed by atoms with Gasteiger partial charge in [0.1, 0.15) is 6.04 Å². The van der Waals surface area contributed by atoms with Crippen LogP contribution >= 0.6 is 0 Å². The lowest BCUT2D eigenvalue weighted by Crippen LogP contribution is -2.47. The molecule has 2 amide bonds. The molecule has 7 nitrogen and oxygen atoms in total. The van der Waals surface area contributed by atoms with E-state index in [9.17, 15) is 9.59 Å². The number of aromatic nitrogens is 2. The first-order chi connectivity index (χ1) is 10.0. The van der Waals surface area contributed by atoms with Gasteiger partial charge in [-0.1, -0.05) is 13.8 Å². The topological polar surface area (TPSA) is 85.2 Å². The Labute approximate surface area is 125 Å². The summed E-state index contributed by atoms with van der Waals surface area (Å²) in [6.45, 7) is 5.29. The number of imidazole rings is 1. The van der Waals surface area contributed by atoms with E-state index in [2.05, 4.69) is 15.6 Å². The van der Waals surface area contributed by atoms with Crippen molar-refractivity contribution >= 4 is 12.0 Å². The van der Waals surface area contributed by atoms with E-state index in [1.807, 2.05) is 24.6 Å². The van der Waals surface area contributed by atoms with Gasteiger partial charge in [-0.3, -0.25) is 0 Å². The highest BCUT2D eigenvalue weighted by atomic mass is 16.5. The fourth-order valence-electron chi connectivity index (χ4n) is 1.92. The molecule has 0 bridgehead atoms. The minimum absolute atomic E-state index is 0.288. The lowest BCUT2D eigenvalue weighted by atomic mass is 10.0. The molecule has 0 spiro atoms. The Morgan fingerprint density at radius 3 is 2.71 bits per heavy atom. The average molecular weight is 296 g/mol. The van der Waals surface area contributed by atoms with Crippen LogP contribution < -0.4 is 10.6 Å². The van der Waals surface area contributed by atoms with Crippen LogP contribution in [0.3, 0.4) is 0 Å². The van der Waals surface area contributed by atoms with Crippen LogP contribution in [0.5, 0.6) is 0 Å². The molecule has 2 N–H and O–H groups in total. The molecule has 7 heteroatoms. The number of methoxy groups -OCH3 is 1. The number of nitrogens with one attached hydrogen (secondary N) is 2. The maximum absolute atomic E-state index is 11.8. The fourth-order valence-corrected chi connectivity index (χ4v) is 1.92. The zero-order valence-electron chi connectivity index (χ0n) is 12.8. The van der Waals surface area contributed by atoms with Gasteiger partial charge in [0.25, 0.3) is 0 Å². The highest BCUT2D eigenvalue weighted by Crippen LogP contribution is 2.06. The molecule has 0 aliphatic heterocycles. The van der Waals surface area contributed by atoms with E-state index in [0.717, 1.165) is 13.0 Å². The Morgan fingerprint density at radius 2 is 2.14 bits per heavy atom. The van der Waals surface area contributed by atoms with E-state index in [1.54, 1.807) is 12.5 Å². The van der Waals surface area contributed by atoms with Gasteiger partial charge < -0.3 is 19.9 Å². The van der Waals surface area contributed by atoms with E-state index in [4.69, 9.17) is 4.74 Å². The van der Waals surface area contributed by atoms with Crippen LogP contribution in [-0.4, -0.2) is 41.2 Å². The summed E-state index contributed by atoms with van der Waals surface area (Å²) in [5.74, 6) is -0.132. The Bertz CT molecular complexity index is 431. The molecule has 1 rings (SSSR count). The fraction of sp³-hybridized carbons (Fsp3) is 0.643. The number of esters is 1. The van der Waals surface area contributed by atoms with Crippen molar-refractivity contribution in [2.45, 2.75) is 39.3 Å². The zero-order valence-corrected chi connectivity index (χ0v) is 12.8. The van der Waals surface area contributed by atoms with Gasteiger partial charge in [0.15, 0.2) is 0 Å². The second kappa shape index (κ2) is 8.99. The van der Waals surface area contributed by atoms with Crippen molar-refractivity contribution in [3.8, 4) is 0 Å². The number of aryl methyl sites for hydroxylation is 1. The molecule has 0 radical (unpaired) electrons. The average Bonchev–Trinajstić information content (AvgIpc) is 2.94. The molecule has 21 heavy (non-hydrogen) atoms. The van der Waals surface area contributed by atoms with Crippen molar-refractivity contribution in [3.05, 3.63) is 18.7 Å². The largest absolute Gasteiger partial charge is 0.467 e. The number of nitrogens with zero attached hydrogens (tertiary/aromatic N) is 2. The number of amides is 2. The van der Waals surface area contributed by atoms with Crippen LogP contribution in [0.1, 0.15) is 26.7 Å². The van der Waals surface area contributed by atoms with Crippen LogP contribution in [0.4, 0.5) is 4.79 Å². The Kier molecular flexibility index (Phi) is 7.28. The molecule has 0 aromatic carbocycles. The van der Waals surface area contributed by atoms with Gasteiger partial charge >= 0.3 is 12.0 Å². The number of hydrogen-bond acceptors (Lipinski definition) is 4. The number of rotatable bonds is 8. The smallest absolute Gasteiger partial charge is 0.328 e. The minimum Gasteiger partial charge on any atom is -0.467 e. The normalized spacial score (nSPS) is 12.0. The van der Waals surface area contributed by atoms with E-state index >= 15 is 0 Å². The molecule has 0 saturated carbocycles. The van der Waals surface area contributed by atoms with Crippen molar-refractivity contribution in [1.82, 2.24) is 20.2 Å². The molecule has 1 heterocycles. The summed E-state index contributed by atoms with van der Waals surface area (Å²) in [6.07, 6.45) is 6.66. The van der Waals surface area contributed by atoms with Crippen LogP contribution in [0.15, 0.2) is 18.7 Å². The molecule has 0 saturated heterocycles. The highest BCUT2D eigenvalue weighted by molar-refractivity contribution is 5.83. The van der Waals surface area contributed by atoms with Gasteiger partial charge in [-0.25, -0.2) is 14.6 Å². The van der Waals surface area contributed by atoms with Crippen molar-refractivity contribution < 1.29 is 14.3 Å². The predicted molar refractivity (Wildman–Crippen MR) is 78.6 cm³/mol. The van der Waals surface area contributed by atoms with Crippen LogP contribution in [0.25, 0.3) is 0 Å².